The zero-order chi connectivity index (χ0) is 21.3. The molecule has 7 heteroatoms. The van der Waals surface area contributed by atoms with Gasteiger partial charge in [0.2, 0.25) is 5.52 Å². The van der Waals surface area contributed by atoms with E-state index >= 15 is 0 Å². The van der Waals surface area contributed by atoms with Crippen LogP contribution in [0.1, 0.15) is 43.7 Å². The van der Waals surface area contributed by atoms with Crippen LogP contribution < -0.4 is 15.8 Å². The number of nitrogens with one attached hydrogen (secondary N) is 2. The molecule has 0 aliphatic heterocycles. The Bertz CT molecular complexity index is 1330. The molecule has 0 saturated heterocycles. The maximum atomic E-state index is 12.4. The van der Waals surface area contributed by atoms with Crippen LogP contribution in [-0.2, 0) is 13.0 Å². The standard InChI is InChI=1S/C23H23ClN4O2/c1-3-14(2)16-8-11-19-18(13-16)25-20-21(26-23(30)27-22(20)29)28(19)12-4-5-15-6-9-17(24)10-7-15/h6-11,13-14H,3-5,12H2,1-2H3,(H,27,29,30)/p+1. The highest BCUT2D eigenvalue weighted by Crippen LogP contribution is 2.22. The number of hydrogen-bond donors (Lipinski definition) is 2. The van der Waals surface area contributed by atoms with Gasteiger partial charge in [0.25, 0.3) is 5.56 Å². The van der Waals surface area contributed by atoms with Gasteiger partial charge in [-0.05, 0) is 60.6 Å². The topological polar surface area (TPSA) is 82.5 Å². The molecule has 30 heavy (non-hydrogen) atoms. The highest BCUT2D eigenvalue weighted by atomic mass is 35.5. The molecule has 0 fully saturated rings. The molecule has 154 valence electrons. The van der Waals surface area contributed by atoms with Gasteiger partial charge in [-0.3, -0.25) is 9.78 Å². The number of aryl methyl sites for hydroxylation is 2. The van der Waals surface area contributed by atoms with Crippen molar-refractivity contribution in [2.75, 3.05) is 0 Å². The Morgan fingerprint density at radius 2 is 1.87 bits per heavy atom. The Labute approximate surface area is 178 Å². The first-order chi connectivity index (χ1) is 14.5. The average molecular weight is 424 g/mol. The molecule has 1 atom stereocenters. The molecule has 0 aliphatic carbocycles. The summed E-state index contributed by atoms with van der Waals surface area (Å²) in [7, 11) is 0. The minimum Gasteiger partial charge on any atom is -0.267 e. The monoisotopic (exact) mass is 423 g/mol. The van der Waals surface area contributed by atoms with Crippen molar-refractivity contribution in [1.82, 2.24) is 15.0 Å². The van der Waals surface area contributed by atoms with E-state index in [1.54, 1.807) is 0 Å². The summed E-state index contributed by atoms with van der Waals surface area (Å²) in [6.07, 6.45) is 2.71. The second-order valence-electron chi connectivity index (χ2n) is 7.66. The normalized spacial score (nSPS) is 12.5. The van der Waals surface area contributed by atoms with E-state index in [4.69, 9.17) is 11.6 Å². The van der Waals surface area contributed by atoms with Gasteiger partial charge in [0.05, 0.1) is 6.54 Å². The van der Waals surface area contributed by atoms with E-state index < -0.39 is 11.2 Å². The van der Waals surface area contributed by atoms with Gasteiger partial charge in [0.1, 0.15) is 5.52 Å². The van der Waals surface area contributed by atoms with Gasteiger partial charge in [0, 0.05) is 5.02 Å². The molecule has 0 spiro atoms. The third-order valence-corrected chi connectivity index (χ3v) is 5.88. The first-order valence-corrected chi connectivity index (χ1v) is 10.6. The lowest BCUT2D eigenvalue weighted by atomic mass is 9.98. The van der Waals surface area contributed by atoms with Crippen molar-refractivity contribution in [2.45, 2.75) is 45.6 Å². The molecule has 6 nitrogen and oxygen atoms in total. The van der Waals surface area contributed by atoms with E-state index in [0.29, 0.717) is 23.1 Å². The first kappa shape index (κ1) is 20.3. The number of fused-ring (bicyclic) bond motifs is 2. The van der Waals surface area contributed by atoms with Crippen LogP contribution in [0.2, 0.25) is 5.02 Å². The molecule has 0 saturated carbocycles. The van der Waals surface area contributed by atoms with Crippen LogP contribution in [0, 0.1) is 0 Å². The number of nitrogens with zero attached hydrogens (tertiary/aromatic N) is 2. The van der Waals surface area contributed by atoms with E-state index in [-0.39, 0.29) is 5.52 Å². The van der Waals surface area contributed by atoms with Crippen LogP contribution in [0.4, 0.5) is 0 Å². The summed E-state index contributed by atoms with van der Waals surface area (Å²) in [6.45, 7) is 4.96. The van der Waals surface area contributed by atoms with Crippen LogP contribution in [0.25, 0.3) is 22.2 Å². The fraction of sp³-hybridized carbons (Fsp3) is 0.304. The average Bonchev–Trinajstić information content (AvgIpc) is 2.74. The molecule has 2 aromatic carbocycles. The lowest BCUT2D eigenvalue weighted by molar-refractivity contribution is -0.648. The maximum absolute atomic E-state index is 12.4. The second kappa shape index (κ2) is 8.40. The Morgan fingerprint density at radius 1 is 1.10 bits per heavy atom. The molecule has 0 bridgehead atoms. The molecule has 0 amide bonds. The summed E-state index contributed by atoms with van der Waals surface area (Å²) in [5, 5.41) is 0.716. The van der Waals surface area contributed by atoms with Crippen molar-refractivity contribution >= 4 is 33.8 Å². The van der Waals surface area contributed by atoms with Crippen molar-refractivity contribution < 1.29 is 4.57 Å². The molecular weight excluding hydrogens is 400 g/mol. The lowest BCUT2D eigenvalue weighted by Gasteiger charge is -2.12. The highest BCUT2D eigenvalue weighted by Gasteiger charge is 2.19. The zero-order valence-corrected chi connectivity index (χ0v) is 17.8. The van der Waals surface area contributed by atoms with Crippen molar-refractivity contribution in [2.24, 2.45) is 0 Å². The Morgan fingerprint density at radius 3 is 2.60 bits per heavy atom. The molecule has 2 N–H and O–H groups in total. The van der Waals surface area contributed by atoms with Crippen molar-refractivity contribution in [3.05, 3.63) is 79.5 Å². The van der Waals surface area contributed by atoms with E-state index in [2.05, 4.69) is 34.9 Å². The number of aromatic amines is 2. The van der Waals surface area contributed by atoms with Gasteiger partial charge in [-0.25, -0.2) is 14.3 Å². The van der Waals surface area contributed by atoms with Crippen molar-refractivity contribution in [3.8, 4) is 0 Å². The molecule has 4 aromatic rings. The molecule has 4 rings (SSSR count). The van der Waals surface area contributed by atoms with Gasteiger partial charge in [-0.15, -0.1) is 0 Å². The number of rotatable bonds is 6. The summed E-state index contributed by atoms with van der Waals surface area (Å²) < 4.78 is 1.99. The second-order valence-corrected chi connectivity index (χ2v) is 8.09. The minimum absolute atomic E-state index is 0.245. The smallest absolute Gasteiger partial charge is 0.267 e. The molecule has 0 aliphatic rings. The first-order valence-electron chi connectivity index (χ1n) is 10.2. The van der Waals surface area contributed by atoms with Crippen molar-refractivity contribution in [3.63, 3.8) is 0 Å². The van der Waals surface area contributed by atoms with Gasteiger partial charge in [-0.2, -0.15) is 4.98 Å². The van der Waals surface area contributed by atoms with Crippen LogP contribution in [0.5, 0.6) is 0 Å². The number of H-pyrrole nitrogens is 2. The summed E-state index contributed by atoms with van der Waals surface area (Å²) >= 11 is 5.97. The predicted molar refractivity (Wildman–Crippen MR) is 119 cm³/mol. The molecule has 0 radical (unpaired) electrons. The number of aromatic nitrogens is 4. The number of benzene rings is 2. The maximum Gasteiger partial charge on any atom is 0.413 e. The summed E-state index contributed by atoms with van der Waals surface area (Å²) in [5.74, 6) is 0.402. The zero-order valence-electron chi connectivity index (χ0n) is 17.0. The van der Waals surface area contributed by atoms with Gasteiger partial charge < -0.3 is 0 Å². The quantitative estimate of drug-likeness (QED) is 0.365. The SMILES string of the molecule is CCC(C)c1ccc2c(c1)nc1c(=O)[nH]c(=O)[nH]c1[n+]2CCCc1ccc(Cl)cc1. The largest absolute Gasteiger partial charge is 0.413 e. The highest BCUT2D eigenvalue weighted by molar-refractivity contribution is 6.30. The molecule has 2 aromatic heterocycles. The third kappa shape index (κ3) is 4.00. The molecule has 2 heterocycles. The fourth-order valence-corrected chi connectivity index (χ4v) is 3.86. The molecule has 1 unspecified atom stereocenters. The van der Waals surface area contributed by atoms with Crippen LogP contribution in [0.3, 0.4) is 0 Å². The summed E-state index contributed by atoms with van der Waals surface area (Å²) in [4.78, 5) is 34.0. The summed E-state index contributed by atoms with van der Waals surface area (Å²) in [6, 6.07) is 14.0. The van der Waals surface area contributed by atoms with E-state index in [1.165, 1.54) is 11.1 Å². The Kier molecular flexibility index (Phi) is 5.68. The van der Waals surface area contributed by atoms with Gasteiger partial charge >= 0.3 is 11.3 Å². The van der Waals surface area contributed by atoms with Crippen LogP contribution >= 0.6 is 11.6 Å². The fourth-order valence-electron chi connectivity index (χ4n) is 3.73. The summed E-state index contributed by atoms with van der Waals surface area (Å²) in [5.41, 5.74) is 3.71. The number of hydrogen-bond acceptors (Lipinski definition) is 3. The van der Waals surface area contributed by atoms with Crippen LogP contribution in [-0.4, -0.2) is 15.0 Å². The third-order valence-electron chi connectivity index (χ3n) is 5.63. The Hall–Kier alpha value is -2.99. The minimum atomic E-state index is -0.531. The van der Waals surface area contributed by atoms with E-state index in [1.807, 2.05) is 41.0 Å². The van der Waals surface area contributed by atoms with Crippen molar-refractivity contribution in [1.29, 1.82) is 0 Å². The van der Waals surface area contributed by atoms with E-state index in [0.717, 1.165) is 30.3 Å². The predicted octanol–water partition coefficient (Wildman–Crippen LogP) is 3.85. The molecular formula is C23H24ClN4O2+. The van der Waals surface area contributed by atoms with Crippen LogP contribution in [0.15, 0.2) is 52.1 Å². The lowest BCUT2D eigenvalue weighted by Crippen LogP contribution is -2.40. The van der Waals surface area contributed by atoms with Gasteiger partial charge in [0.15, 0.2) is 5.52 Å². The van der Waals surface area contributed by atoms with Gasteiger partial charge in [-0.1, -0.05) is 43.6 Å². The van der Waals surface area contributed by atoms with E-state index in [9.17, 15) is 9.59 Å². The number of halogens is 1. The Balaban J connectivity index is 1.80.